The SMILES string of the molecule is Nc1ccc(/C=C/C(=O)NCc2cc3ccccc3o2)cn1. The second kappa shape index (κ2) is 6.13. The van der Waals surface area contributed by atoms with Gasteiger partial charge < -0.3 is 15.5 Å². The lowest BCUT2D eigenvalue weighted by Crippen LogP contribution is -2.19. The van der Waals surface area contributed by atoms with Crippen molar-refractivity contribution in [2.75, 3.05) is 5.73 Å². The van der Waals surface area contributed by atoms with Crippen molar-refractivity contribution in [3.63, 3.8) is 0 Å². The summed E-state index contributed by atoms with van der Waals surface area (Å²) in [7, 11) is 0. The van der Waals surface area contributed by atoms with Crippen LogP contribution in [0.15, 0.2) is 59.2 Å². The summed E-state index contributed by atoms with van der Waals surface area (Å²) >= 11 is 0. The van der Waals surface area contributed by atoms with E-state index in [0.717, 1.165) is 22.3 Å². The van der Waals surface area contributed by atoms with E-state index < -0.39 is 0 Å². The molecule has 1 amide bonds. The van der Waals surface area contributed by atoms with Crippen LogP contribution < -0.4 is 11.1 Å². The number of anilines is 1. The van der Waals surface area contributed by atoms with Crippen LogP contribution >= 0.6 is 0 Å². The molecule has 0 saturated carbocycles. The highest BCUT2D eigenvalue weighted by Gasteiger charge is 2.03. The van der Waals surface area contributed by atoms with Crippen molar-refractivity contribution >= 4 is 28.8 Å². The number of nitrogens with one attached hydrogen (secondary N) is 1. The molecule has 5 nitrogen and oxygen atoms in total. The number of fused-ring (bicyclic) bond motifs is 1. The molecule has 0 atom stereocenters. The molecule has 0 aliphatic heterocycles. The minimum Gasteiger partial charge on any atom is -0.459 e. The normalized spacial score (nSPS) is 11.1. The van der Waals surface area contributed by atoms with Crippen LogP contribution in [0.4, 0.5) is 5.82 Å². The third-order valence-electron chi connectivity index (χ3n) is 3.15. The standard InChI is InChI=1S/C17H15N3O2/c18-16-7-5-12(10-19-16)6-8-17(21)20-11-14-9-13-3-1-2-4-15(13)22-14/h1-10H,11H2,(H2,18,19)(H,20,21)/b8-6+. The molecule has 0 bridgehead atoms. The first-order chi connectivity index (χ1) is 10.7. The molecule has 0 saturated heterocycles. The number of nitrogen functional groups attached to an aromatic ring is 1. The van der Waals surface area contributed by atoms with E-state index in [4.69, 9.17) is 10.2 Å². The van der Waals surface area contributed by atoms with Gasteiger partial charge in [-0.2, -0.15) is 0 Å². The van der Waals surface area contributed by atoms with Gasteiger partial charge in [0.2, 0.25) is 5.91 Å². The lowest BCUT2D eigenvalue weighted by atomic mass is 10.2. The van der Waals surface area contributed by atoms with Crippen LogP contribution in [0.25, 0.3) is 17.0 Å². The van der Waals surface area contributed by atoms with E-state index in [0.29, 0.717) is 12.4 Å². The number of para-hydroxylation sites is 1. The van der Waals surface area contributed by atoms with E-state index in [-0.39, 0.29) is 5.91 Å². The number of nitrogens with zero attached hydrogens (tertiary/aromatic N) is 1. The first-order valence-electron chi connectivity index (χ1n) is 6.85. The molecular weight excluding hydrogens is 278 g/mol. The molecule has 3 rings (SSSR count). The fraction of sp³-hybridized carbons (Fsp3) is 0.0588. The summed E-state index contributed by atoms with van der Waals surface area (Å²) in [6.07, 6.45) is 4.74. The zero-order chi connectivity index (χ0) is 15.4. The molecule has 1 aromatic carbocycles. The summed E-state index contributed by atoms with van der Waals surface area (Å²) in [6, 6.07) is 13.1. The van der Waals surface area contributed by atoms with Crippen molar-refractivity contribution in [2.24, 2.45) is 0 Å². The molecule has 0 spiro atoms. The number of pyridine rings is 1. The molecule has 0 aliphatic carbocycles. The lowest BCUT2D eigenvalue weighted by molar-refractivity contribution is -0.116. The molecule has 0 aliphatic rings. The minimum absolute atomic E-state index is 0.197. The number of carbonyl (C=O) groups excluding carboxylic acids is 1. The van der Waals surface area contributed by atoms with Crippen molar-refractivity contribution in [3.8, 4) is 0 Å². The summed E-state index contributed by atoms with van der Waals surface area (Å²) in [4.78, 5) is 15.7. The Morgan fingerprint density at radius 1 is 1.27 bits per heavy atom. The highest BCUT2D eigenvalue weighted by atomic mass is 16.3. The fourth-order valence-corrected chi connectivity index (χ4v) is 2.04. The maximum absolute atomic E-state index is 11.8. The van der Waals surface area contributed by atoms with Crippen molar-refractivity contribution in [1.29, 1.82) is 0 Å². The molecule has 0 unspecified atom stereocenters. The molecule has 3 N–H and O–H groups in total. The van der Waals surface area contributed by atoms with Crippen molar-refractivity contribution in [3.05, 3.63) is 66.1 Å². The quantitative estimate of drug-likeness (QED) is 0.725. The van der Waals surface area contributed by atoms with Gasteiger partial charge in [0.05, 0.1) is 6.54 Å². The van der Waals surface area contributed by atoms with Gasteiger partial charge in [-0.25, -0.2) is 4.98 Å². The predicted molar refractivity (Wildman–Crippen MR) is 85.7 cm³/mol. The van der Waals surface area contributed by atoms with E-state index in [9.17, 15) is 4.79 Å². The number of rotatable bonds is 4. The second-order valence-corrected chi connectivity index (χ2v) is 4.82. The van der Waals surface area contributed by atoms with Crippen LogP contribution in [-0.4, -0.2) is 10.9 Å². The Labute approximate surface area is 127 Å². The number of carbonyl (C=O) groups is 1. The van der Waals surface area contributed by atoms with E-state index in [1.807, 2.05) is 30.3 Å². The van der Waals surface area contributed by atoms with Crippen LogP contribution in [0.2, 0.25) is 0 Å². The van der Waals surface area contributed by atoms with Gasteiger partial charge in [0.1, 0.15) is 17.2 Å². The largest absolute Gasteiger partial charge is 0.459 e. The smallest absolute Gasteiger partial charge is 0.244 e. The Kier molecular flexibility index (Phi) is 3.87. The van der Waals surface area contributed by atoms with Gasteiger partial charge in [0.15, 0.2) is 0 Å². The lowest BCUT2D eigenvalue weighted by Gasteiger charge is -1.98. The van der Waals surface area contributed by atoms with Crippen molar-refractivity contribution in [1.82, 2.24) is 10.3 Å². The third kappa shape index (κ3) is 3.32. The summed E-state index contributed by atoms with van der Waals surface area (Å²) in [5, 5.41) is 3.80. The molecule has 110 valence electrons. The zero-order valence-corrected chi connectivity index (χ0v) is 11.8. The van der Waals surface area contributed by atoms with Crippen LogP contribution in [0, 0.1) is 0 Å². The van der Waals surface area contributed by atoms with Crippen LogP contribution in [0.5, 0.6) is 0 Å². The molecule has 0 fully saturated rings. The van der Waals surface area contributed by atoms with E-state index in [1.165, 1.54) is 6.08 Å². The first kappa shape index (κ1) is 13.9. The average Bonchev–Trinajstić information content (AvgIpc) is 2.95. The topological polar surface area (TPSA) is 81.2 Å². The maximum atomic E-state index is 11.8. The predicted octanol–water partition coefficient (Wildman–Crippen LogP) is 2.74. The monoisotopic (exact) mass is 293 g/mol. The number of amides is 1. The van der Waals surface area contributed by atoms with E-state index in [2.05, 4.69) is 10.3 Å². The molecule has 2 aromatic heterocycles. The molecule has 0 radical (unpaired) electrons. The Bertz CT molecular complexity index is 786. The highest BCUT2D eigenvalue weighted by molar-refractivity contribution is 5.91. The summed E-state index contributed by atoms with van der Waals surface area (Å²) in [5.41, 5.74) is 7.13. The number of aromatic nitrogens is 1. The van der Waals surface area contributed by atoms with Crippen molar-refractivity contribution in [2.45, 2.75) is 6.54 Å². The Morgan fingerprint density at radius 2 is 2.14 bits per heavy atom. The van der Waals surface area contributed by atoms with Crippen LogP contribution in [0.3, 0.4) is 0 Å². The molecular formula is C17H15N3O2. The number of furan rings is 1. The third-order valence-corrected chi connectivity index (χ3v) is 3.15. The summed E-state index contributed by atoms with van der Waals surface area (Å²) in [6.45, 7) is 0.345. The number of benzene rings is 1. The first-order valence-corrected chi connectivity index (χ1v) is 6.85. The van der Waals surface area contributed by atoms with E-state index >= 15 is 0 Å². The number of hydrogen-bond acceptors (Lipinski definition) is 4. The Morgan fingerprint density at radius 3 is 2.91 bits per heavy atom. The Balaban J connectivity index is 1.58. The molecule has 22 heavy (non-hydrogen) atoms. The molecule has 3 aromatic rings. The van der Waals surface area contributed by atoms with Gasteiger partial charge in [-0.1, -0.05) is 18.2 Å². The van der Waals surface area contributed by atoms with Crippen LogP contribution in [-0.2, 0) is 11.3 Å². The highest BCUT2D eigenvalue weighted by Crippen LogP contribution is 2.18. The molecule has 5 heteroatoms. The summed E-state index contributed by atoms with van der Waals surface area (Å²) in [5.74, 6) is 0.973. The average molecular weight is 293 g/mol. The van der Waals surface area contributed by atoms with E-state index in [1.54, 1.807) is 24.4 Å². The van der Waals surface area contributed by atoms with Gasteiger partial charge >= 0.3 is 0 Å². The second-order valence-electron chi connectivity index (χ2n) is 4.82. The van der Waals surface area contributed by atoms with Crippen LogP contribution in [0.1, 0.15) is 11.3 Å². The number of hydrogen-bond donors (Lipinski definition) is 2. The zero-order valence-electron chi connectivity index (χ0n) is 11.8. The van der Waals surface area contributed by atoms with Crippen molar-refractivity contribution < 1.29 is 9.21 Å². The maximum Gasteiger partial charge on any atom is 0.244 e. The van der Waals surface area contributed by atoms with Gasteiger partial charge in [-0.15, -0.1) is 0 Å². The van der Waals surface area contributed by atoms with Gasteiger partial charge in [0, 0.05) is 17.7 Å². The Hall–Kier alpha value is -3.08. The van der Waals surface area contributed by atoms with Gasteiger partial charge in [-0.3, -0.25) is 4.79 Å². The number of nitrogens with two attached hydrogens (primary N) is 1. The summed E-state index contributed by atoms with van der Waals surface area (Å²) < 4.78 is 5.63. The fourth-order valence-electron chi connectivity index (χ4n) is 2.04. The minimum atomic E-state index is -0.197. The van der Waals surface area contributed by atoms with Gasteiger partial charge in [-0.05, 0) is 35.9 Å². The molecule has 2 heterocycles. The van der Waals surface area contributed by atoms with Gasteiger partial charge in [0.25, 0.3) is 0 Å².